The van der Waals surface area contributed by atoms with Gasteiger partial charge in [-0.05, 0) is 61.7 Å². The number of carbonyl (C=O) groups excluding carboxylic acids is 2. The third-order valence-electron chi connectivity index (χ3n) is 7.91. The van der Waals surface area contributed by atoms with Gasteiger partial charge in [0.2, 0.25) is 0 Å². The molecule has 1 aliphatic carbocycles. The van der Waals surface area contributed by atoms with Gasteiger partial charge in [-0.15, -0.1) is 0 Å². The Hall–Kier alpha value is -4.24. The number of carbonyl (C=O) groups is 2. The van der Waals surface area contributed by atoms with E-state index in [2.05, 4.69) is 28.0 Å². The van der Waals surface area contributed by atoms with Gasteiger partial charge in [0.1, 0.15) is 12.4 Å². The van der Waals surface area contributed by atoms with E-state index in [9.17, 15) is 9.59 Å². The molecule has 2 aliphatic rings. The van der Waals surface area contributed by atoms with Crippen LogP contribution in [-0.2, 0) is 24.3 Å². The van der Waals surface area contributed by atoms with Crippen molar-refractivity contribution in [2.75, 3.05) is 33.2 Å². The summed E-state index contributed by atoms with van der Waals surface area (Å²) in [6.07, 6.45) is 4.85. The Balaban J connectivity index is 1.05. The van der Waals surface area contributed by atoms with Crippen molar-refractivity contribution in [1.29, 1.82) is 0 Å². The Kier molecular flexibility index (Phi) is 7.46. The minimum Gasteiger partial charge on any atom is -0.445 e. The molecule has 6 rings (SSSR count). The van der Waals surface area contributed by atoms with Crippen LogP contribution in [0.5, 0.6) is 0 Å². The van der Waals surface area contributed by atoms with Gasteiger partial charge in [-0.3, -0.25) is 14.7 Å². The van der Waals surface area contributed by atoms with Gasteiger partial charge in [0.25, 0.3) is 5.91 Å². The average Bonchev–Trinajstić information content (AvgIpc) is 3.41. The molecular weight excluding hydrogens is 504 g/mol. The van der Waals surface area contributed by atoms with E-state index >= 15 is 0 Å². The first-order chi connectivity index (χ1) is 19.5. The number of nitrogens with one attached hydrogen (secondary N) is 1. The zero-order valence-electron chi connectivity index (χ0n) is 22.8. The van der Waals surface area contributed by atoms with Gasteiger partial charge in [-0.25, -0.2) is 9.78 Å². The molecule has 2 amide bonds. The maximum Gasteiger partial charge on any atom is 0.410 e. The van der Waals surface area contributed by atoms with Gasteiger partial charge in [-0.2, -0.15) is 0 Å². The summed E-state index contributed by atoms with van der Waals surface area (Å²) in [4.78, 5) is 44.4. The first-order valence-corrected chi connectivity index (χ1v) is 13.9. The molecule has 0 saturated carbocycles. The molecule has 1 N–H and O–H groups in total. The molecule has 2 aromatic carbocycles. The summed E-state index contributed by atoms with van der Waals surface area (Å²) in [6.45, 7) is 2.72. The molecule has 0 bridgehead atoms. The summed E-state index contributed by atoms with van der Waals surface area (Å²) < 4.78 is 5.45. The van der Waals surface area contributed by atoms with Crippen molar-refractivity contribution in [3.05, 3.63) is 95.1 Å². The lowest BCUT2D eigenvalue weighted by molar-refractivity contribution is 0.0544. The van der Waals surface area contributed by atoms with E-state index in [-0.39, 0.29) is 24.6 Å². The van der Waals surface area contributed by atoms with Gasteiger partial charge in [0.15, 0.2) is 0 Å². The van der Waals surface area contributed by atoms with Crippen LogP contribution in [0.25, 0.3) is 11.0 Å². The largest absolute Gasteiger partial charge is 0.445 e. The first-order valence-electron chi connectivity index (χ1n) is 13.9. The van der Waals surface area contributed by atoms with Crippen molar-refractivity contribution in [3.63, 3.8) is 0 Å². The Morgan fingerprint density at radius 3 is 2.65 bits per heavy atom. The maximum atomic E-state index is 13.3. The van der Waals surface area contributed by atoms with Crippen LogP contribution < -0.4 is 0 Å². The molecule has 1 atom stereocenters. The third kappa shape index (κ3) is 5.56. The molecule has 1 unspecified atom stereocenters. The number of ether oxygens (including phenoxy) is 1. The number of aromatic amines is 1. The summed E-state index contributed by atoms with van der Waals surface area (Å²) in [5.74, 6) is 0.818. The monoisotopic (exact) mass is 538 g/mol. The van der Waals surface area contributed by atoms with Crippen molar-refractivity contribution >= 4 is 23.0 Å². The van der Waals surface area contributed by atoms with E-state index in [4.69, 9.17) is 9.72 Å². The average molecular weight is 539 g/mol. The van der Waals surface area contributed by atoms with Crippen molar-refractivity contribution in [2.24, 2.45) is 0 Å². The van der Waals surface area contributed by atoms with E-state index in [1.165, 1.54) is 11.3 Å². The van der Waals surface area contributed by atoms with Crippen LogP contribution in [0.3, 0.4) is 0 Å². The number of amides is 2. The van der Waals surface area contributed by atoms with Crippen molar-refractivity contribution < 1.29 is 14.3 Å². The summed E-state index contributed by atoms with van der Waals surface area (Å²) in [5.41, 5.74) is 5.75. The van der Waals surface area contributed by atoms with Crippen LogP contribution in [0.15, 0.2) is 66.9 Å². The highest BCUT2D eigenvalue weighted by Gasteiger charge is 2.27. The first kappa shape index (κ1) is 26.0. The van der Waals surface area contributed by atoms with E-state index in [0.717, 1.165) is 41.7 Å². The number of hydrogen-bond donors (Lipinski definition) is 1. The second kappa shape index (κ2) is 11.5. The molecule has 0 radical (unpaired) electrons. The molecular formula is C31H34N6O3. The molecule has 40 heavy (non-hydrogen) atoms. The molecule has 0 spiro atoms. The second-order valence-corrected chi connectivity index (χ2v) is 10.6. The number of H-pyrrole nitrogens is 1. The SMILES string of the molecule is CN(Cc1nc2cc(C(=O)N3CCN(C(=O)OCc4ccccc4)CC3)ccc2[nH]1)C1CCCc2cccnc21. The van der Waals surface area contributed by atoms with Crippen LogP contribution in [0.2, 0.25) is 0 Å². The maximum absolute atomic E-state index is 13.3. The standard InChI is InChI=1S/C31H34N6O3/c1-35(27-11-5-9-23-10-6-14-32-29(23)27)20-28-33-25-13-12-24(19-26(25)34-28)30(38)36-15-17-37(18-16-36)31(39)40-21-22-7-3-2-4-8-22/h2-4,6-8,10,12-14,19,27H,5,9,11,15-18,20-21H2,1H3,(H,33,34). The lowest BCUT2D eigenvalue weighted by Gasteiger charge is -2.34. The predicted molar refractivity (Wildman–Crippen MR) is 152 cm³/mol. The second-order valence-electron chi connectivity index (χ2n) is 10.6. The normalized spacial score (nSPS) is 17.2. The number of benzene rings is 2. The minimum absolute atomic E-state index is 0.0502. The fourth-order valence-electron chi connectivity index (χ4n) is 5.71. The van der Waals surface area contributed by atoms with Crippen molar-refractivity contribution in [1.82, 2.24) is 29.7 Å². The fraction of sp³-hybridized carbons (Fsp3) is 0.355. The number of aromatic nitrogens is 3. The van der Waals surface area contributed by atoms with Crippen molar-refractivity contribution in [3.8, 4) is 0 Å². The van der Waals surface area contributed by atoms with E-state index in [1.807, 2.05) is 60.8 Å². The lowest BCUT2D eigenvalue weighted by Crippen LogP contribution is -2.50. The van der Waals surface area contributed by atoms with Gasteiger partial charge >= 0.3 is 6.09 Å². The van der Waals surface area contributed by atoms with Gasteiger partial charge in [0, 0.05) is 37.9 Å². The molecule has 9 nitrogen and oxygen atoms in total. The number of nitrogens with zero attached hydrogens (tertiary/aromatic N) is 5. The predicted octanol–water partition coefficient (Wildman–Crippen LogP) is 4.56. The number of rotatable bonds is 6. The number of pyridine rings is 1. The molecule has 1 aliphatic heterocycles. The molecule has 4 aromatic rings. The highest BCUT2D eigenvalue weighted by atomic mass is 16.6. The fourth-order valence-corrected chi connectivity index (χ4v) is 5.71. The number of aryl methyl sites for hydroxylation is 1. The van der Waals surface area contributed by atoms with Crippen LogP contribution in [0.4, 0.5) is 4.79 Å². The van der Waals surface area contributed by atoms with Crippen molar-refractivity contribution in [2.45, 2.75) is 38.5 Å². The number of hydrogen-bond acceptors (Lipinski definition) is 6. The molecule has 1 saturated heterocycles. The van der Waals surface area contributed by atoms with Gasteiger partial charge in [0.05, 0.1) is 29.3 Å². The lowest BCUT2D eigenvalue weighted by atomic mass is 9.91. The summed E-state index contributed by atoms with van der Waals surface area (Å²) >= 11 is 0. The summed E-state index contributed by atoms with van der Waals surface area (Å²) in [6, 6.07) is 19.7. The number of piperazine rings is 1. The zero-order chi connectivity index (χ0) is 27.5. The third-order valence-corrected chi connectivity index (χ3v) is 7.91. The van der Waals surface area contributed by atoms with Crippen LogP contribution in [0, 0.1) is 0 Å². The van der Waals surface area contributed by atoms with Gasteiger partial charge < -0.3 is 19.5 Å². The van der Waals surface area contributed by atoms with Crippen LogP contribution in [-0.4, -0.2) is 74.9 Å². The Morgan fingerprint density at radius 1 is 1.02 bits per heavy atom. The molecule has 1 fully saturated rings. The highest BCUT2D eigenvalue weighted by molar-refractivity contribution is 5.97. The van der Waals surface area contributed by atoms with Crippen LogP contribution >= 0.6 is 0 Å². The van der Waals surface area contributed by atoms with Crippen LogP contribution in [0.1, 0.15) is 51.9 Å². The molecule has 3 heterocycles. The Bertz CT molecular complexity index is 1500. The summed E-state index contributed by atoms with van der Waals surface area (Å²) in [5, 5.41) is 0. The van der Waals surface area contributed by atoms with E-state index in [1.54, 1.807) is 9.80 Å². The highest BCUT2D eigenvalue weighted by Crippen LogP contribution is 2.32. The topological polar surface area (TPSA) is 94.7 Å². The van der Waals surface area contributed by atoms with E-state index in [0.29, 0.717) is 38.3 Å². The Labute approximate surface area is 233 Å². The molecule has 9 heteroatoms. The number of fused-ring (bicyclic) bond motifs is 2. The Morgan fingerprint density at radius 2 is 1.82 bits per heavy atom. The smallest absolute Gasteiger partial charge is 0.410 e. The zero-order valence-corrected chi connectivity index (χ0v) is 22.8. The number of imidazole rings is 1. The quantitative estimate of drug-likeness (QED) is 0.387. The van der Waals surface area contributed by atoms with E-state index < -0.39 is 0 Å². The molecule has 2 aromatic heterocycles. The van der Waals surface area contributed by atoms with Gasteiger partial charge in [-0.1, -0.05) is 36.4 Å². The minimum atomic E-state index is -0.348. The molecule has 206 valence electrons. The summed E-state index contributed by atoms with van der Waals surface area (Å²) in [7, 11) is 2.12.